The molecule has 3 aliphatic heterocycles. The average molecular weight is 490 g/mol. The van der Waals surface area contributed by atoms with Gasteiger partial charge in [-0.1, -0.05) is 24.3 Å². The van der Waals surface area contributed by atoms with E-state index in [1.54, 1.807) is 25.1 Å². The number of nitrogens with zero attached hydrogens (tertiary/aromatic N) is 1. The molecule has 0 radical (unpaired) electrons. The predicted molar refractivity (Wildman–Crippen MR) is 126 cm³/mol. The van der Waals surface area contributed by atoms with E-state index in [-0.39, 0.29) is 29.8 Å². The van der Waals surface area contributed by atoms with E-state index in [0.717, 1.165) is 32.5 Å². The molecule has 2 bridgehead atoms. The number of aliphatic carboxylic acids is 1. The summed E-state index contributed by atoms with van der Waals surface area (Å²) in [6, 6.07) is 9.63. The lowest BCUT2D eigenvalue weighted by molar-refractivity contribution is -0.138. The second-order valence-electron chi connectivity index (χ2n) is 8.93. The van der Waals surface area contributed by atoms with E-state index in [1.165, 1.54) is 24.3 Å². The monoisotopic (exact) mass is 489 g/mol. The Balaban J connectivity index is 0.000000214. The van der Waals surface area contributed by atoms with Crippen molar-refractivity contribution in [3.05, 3.63) is 59.4 Å². The molecule has 5 rings (SSSR count). The number of carbonyl (C=O) groups excluding carboxylic acids is 1. The number of ether oxygens (including phenoxy) is 1. The maximum absolute atomic E-state index is 13.7. The van der Waals surface area contributed by atoms with Gasteiger partial charge in [0, 0.05) is 18.2 Å². The summed E-state index contributed by atoms with van der Waals surface area (Å²) in [7, 11) is 0. The van der Waals surface area contributed by atoms with Crippen molar-refractivity contribution in [2.75, 3.05) is 19.6 Å². The third-order valence-corrected chi connectivity index (χ3v) is 6.40. The summed E-state index contributed by atoms with van der Waals surface area (Å²) in [5, 5.41) is 29.6. The van der Waals surface area contributed by atoms with Crippen LogP contribution in [0.5, 0.6) is 11.5 Å². The van der Waals surface area contributed by atoms with Gasteiger partial charge in [0.2, 0.25) is 0 Å². The van der Waals surface area contributed by atoms with Crippen LogP contribution in [0.3, 0.4) is 0 Å². The van der Waals surface area contributed by atoms with Gasteiger partial charge in [-0.2, -0.15) is 0 Å². The number of fused-ring (bicyclic) bond motifs is 3. The van der Waals surface area contributed by atoms with Gasteiger partial charge in [-0.15, -0.1) is 0 Å². The summed E-state index contributed by atoms with van der Waals surface area (Å²) in [6.07, 6.45) is 1.34. The first-order valence-electron chi connectivity index (χ1n) is 11.6. The van der Waals surface area contributed by atoms with Crippen LogP contribution < -0.4 is 11.1 Å². The van der Waals surface area contributed by atoms with E-state index in [1.807, 2.05) is 0 Å². The number of phenolic OH excluding ortho intramolecular Hbond substituents is 2. The van der Waals surface area contributed by atoms with Crippen molar-refractivity contribution < 1.29 is 34.0 Å². The molecule has 2 aromatic rings. The average Bonchev–Trinajstić information content (AvgIpc) is 2.82. The first-order valence-corrected chi connectivity index (χ1v) is 11.6. The molecule has 0 saturated carbocycles. The van der Waals surface area contributed by atoms with Crippen LogP contribution in [0.2, 0.25) is 0 Å². The number of hydrogen-bond acceptors (Lipinski definition) is 7. The number of halogens is 1. The number of amides is 1. The number of carboxylic acid groups (broad SMARTS) is 1. The Morgan fingerprint density at radius 1 is 1.17 bits per heavy atom. The lowest BCUT2D eigenvalue weighted by Crippen LogP contribution is -2.57. The van der Waals surface area contributed by atoms with Crippen molar-refractivity contribution in [2.24, 2.45) is 11.7 Å². The number of aromatic hydroxyl groups is 2. The lowest BCUT2D eigenvalue weighted by Gasteiger charge is -2.44. The molecule has 1 amide bonds. The number of carboxylic acids is 1. The molecule has 3 atom stereocenters. The Morgan fingerprint density at radius 2 is 1.86 bits per heavy atom. The van der Waals surface area contributed by atoms with E-state index in [0.29, 0.717) is 17.0 Å². The van der Waals surface area contributed by atoms with E-state index >= 15 is 0 Å². The van der Waals surface area contributed by atoms with Gasteiger partial charge in [0.25, 0.3) is 0 Å². The molecule has 3 heterocycles. The highest BCUT2D eigenvalue weighted by atomic mass is 19.1. The summed E-state index contributed by atoms with van der Waals surface area (Å²) in [4.78, 5) is 24.8. The SMILES string of the molecule is C[C@H](OC(=O)N[C@@H]1CN2CCC1CC2)c1ccccc1F.N[C@@H](Cc1ccc(O)c(O)c1)C(=O)O. The Morgan fingerprint density at radius 3 is 2.43 bits per heavy atom. The molecular weight excluding hydrogens is 457 g/mol. The van der Waals surface area contributed by atoms with Crippen molar-refractivity contribution in [2.45, 2.75) is 44.4 Å². The molecule has 3 saturated heterocycles. The first kappa shape index (κ1) is 26.2. The van der Waals surface area contributed by atoms with Crippen LogP contribution in [-0.4, -0.2) is 64.0 Å². The topological polar surface area (TPSA) is 145 Å². The van der Waals surface area contributed by atoms with Crippen LogP contribution in [-0.2, 0) is 16.0 Å². The van der Waals surface area contributed by atoms with Crippen molar-refractivity contribution >= 4 is 12.1 Å². The van der Waals surface area contributed by atoms with Crippen molar-refractivity contribution in [3.63, 3.8) is 0 Å². The molecule has 6 N–H and O–H groups in total. The summed E-state index contributed by atoms with van der Waals surface area (Å²) in [5.41, 5.74) is 6.26. The van der Waals surface area contributed by atoms with Crippen LogP contribution in [0.25, 0.3) is 0 Å². The van der Waals surface area contributed by atoms with Crippen molar-refractivity contribution in [1.82, 2.24) is 10.2 Å². The maximum Gasteiger partial charge on any atom is 0.408 e. The molecular formula is C25H32FN3O6. The summed E-state index contributed by atoms with van der Waals surface area (Å²) >= 11 is 0. The number of nitrogens with one attached hydrogen (secondary N) is 1. The Labute approximate surface area is 203 Å². The highest BCUT2D eigenvalue weighted by Gasteiger charge is 2.35. The second-order valence-corrected chi connectivity index (χ2v) is 8.93. The smallest absolute Gasteiger partial charge is 0.408 e. The van der Waals surface area contributed by atoms with Gasteiger partial charge in [-0.25, -0.2) is 9.18 Å². The van der Waals surface area contributed by atoms with Crippen LogP contribution in [0.1, 0.15) is 37.0 Å². The number of alkyl carbamates (subject to hydrolysis) is 1. The fourth-order valence-corrected chi connectivity index (χ4v) is 4.38. The molecule has 0 aromatic heterocycles. The number of benzene rings is 2. The minimum Gasteiger partial charge on any atom is -0.504 e. The lowest BCUT2D eigenvalue weighted by atomic mass is 9.84. The molecule has 2 aromatic carbocycles. The third kappa shape index (κ3) is 7.30. The summed E-state index contributed by atoms with van der Waals surface area (Å²) in [5.74, 6) is -1.41. The Bertz CT molecular complexity index is 1030. The molecule has 0 unspecified atom stereocenters. The molecule has 35 heavy (non-hydrogen) atoms. The third-order valence-electron chi connectivity index (χ3n) is 6.40. The zero-order valence-corrected chi connectivity index (χ0v) is 19.6. The van der Waals surface area contributed by atoms with Gasteiger partial charge >= 0.3 is 12.1 Å². The Kier molecular flexibility index (Phi) is 8.89. The number of rotatable bonds is 6. The van der Waals surface area contributed by atoms with Gasteiger partial charge < -0.3 is 36.0 Å². The van der Waals surface area contributed by atoms with E-state index in [4.69, 9.17) is 25.8 Å². The van der Waals surface area contributed by atoms with Crippen molar-refractivity contribution in [1.29, 1.82) is 0 Å². The maximum atomic E-state index is 13.7. The zero-order chi connectivity index (χ0) is 25.5. The molecule has 10 heteroatoms. The van der Waals surface area contributed by atoms with Crippen LogP contribution in [0, 0.1) is 11.7 Å². The summed E-state index contributed by atoms with van der Waals surface area (Å²) in [6.45, 7) is 4.84. The van der Waals surface area contributed by atoms with E-state index in [2.05, 4.69) is 10.2 Å². The second kappa shape index (κ2) is 11.9. The van der Waals surface area contributed by atoms with Crippen LogP contribution in [0.15, 0.2) is 42.5 Å². The quantitative estimate of drug-likeness (QED) is 0.390. The molecule has 0 spiro atoms. The van der Waals surface area contributed by atoms with E-state index in [9.17, 15) is 14.0 Å². The van der Waals surface area contributed by atoms with Crippen LogP contribution in [0.4, 0.5) is 9.18 Å². The van der Waals surface area contributed by atoms with E-state index < -0.39 is 24.2 Å². The summed E-state index contributed by atoms with van der Waals surface area (Å²) < 4.78 is 19.0. The number of hydrogen-bond donors (Lipinski definition) is 5. The highest BCUT2D eigenvalue weighted by molar-refractivity contribution is 5.73. The Hall–Kier alpha value is -3.37. The molecule has 190 valence electrons. The number of carbonyl (C=O) groups is 2. The normalized spacial score (nSPS) is 22.3. The largest absolute Gasteiger partial charge is 0.504 e. The molecule has 3 aliphatic rings. The minimum absolute atomic E-state index is 0.114. The van der Waals surface area contributed by atoms with Gasteiger partial charge in [0.05, 0.1) is 0 Å². The predicted octanol–water partition coefficient (Wildman–Crippen LogP) is 2.76. The van der Waals surface area contributed by atoms with Gasteiger partial charge in [0.1, 0.15) is 18.0 Å². The van der Waals surface area contributed by atoms with Gasteiger partial charge in [-0.05, 0) is 69.0 Å². The molecule has 9 nitrogen and oxygen atoms in total. The number of piperidine rings is 3. The van der Waals surface area contributed by atoms with Crippen molar-refractivity contribution in [3.8, 4) is 11.5 Å². The number of nitrogens with two attached hydrogens (primary N) is 1. The van der Waals surface area contributed by atoms with Gasteiger partial charge in [-0.3, -0.25) is 4.79 Å². The van der Waals surface area contributed by atoms with Gasteiger partial charge in [0.15, 0.2) is 11.5 Å². The van der Waals surface area contributed by atoms with Crippen LogP contribution >= 0.6 is 0 Å². The molecule has 3 fully saturated rings. The fraction of sp³-hybridized carbons (Fsp3) is 0.440. The zero-order valence-electron chi connectivity index (χ0n) is 19.6. The fourth-order valence-electron chi connectivity index (χ4n) is 4.38. The number of phenols is 2. The first-order chi connectivity index (χ1) is 16.6. The standard InChI is InChI=1S/C16H21FN2O2.C9H11NO4/c1-11(13-4-2-3-5-14(13)17)21-16(20)18-15-10-19-8-6-12(15)7-9-19;10-6(9(13)14)3-5-1-2-7(11)8(12)4-5/h2-5,11-12,15H,6-10H2,1H3,(H,18,20);1-2,4,6,11-12H,3,10H2,(H,13,14)/t11-,15+;6-/m00/s1. The highest BCUT2D eigenvalue weighted by Crippen LogP contribution is 2.28. The molecule has 0 aliphatic carbocycles. The minimum atomic E-state index is -1.10.